The molecule has 2 aromatic carbocycles. The molecule has 0 saturated heterocycles. The number of halogens is 2. The van der Waals surface area contributed by atoms with Gasteiger partial charge in [0.1, 0.15) is 0 Å². The van der Waals surface area contributed by atoms with Crippen LogP contribution in [-0.2, 0) is 23.9 Å². The van der Waals surface area contributed by atoms with Gasteiger partial charge in [0.25, 0.3) is 5.91 Å². The van der Waals surface area contributed by atoms with Gasteiger partial charge in [-0.25, -0.2) is 4.79 Å². The van der Waals surface area contributed by atoms with Crippen molar-refractivity contribution in [2.24, 2.45) is 5.92 Å². The van der Waals surface area contributed by atoms with Crippen LogP contribution < -0.4 is 10.6 Å². The zero-order chi connectivity index (χ0) is 26.0. The van der Waals surface area contributed by atoms with Gasteiger partial charge in [-0.3, -0.25) is 14.4 Å². The second kappa shape index (κ2) is 13.8. The summed E-state index contributed by atoms with van der Waals surface area (Å²) in [6, 6.07) is 9.74. The fourth-order valence-corrected chi connectivity index (χ4v) is 3.44. The summed E-state index contributed by atoms with van der Waals surface area (Å²) in [7, 11) is 0. The summed E-state index contributed by atoms with van der Waals surface area (Å²) in [5, 5.41) is 5.79. The minimum Gasteiger partial charge on any atom is -0.462 e. The standard InChI is InChI=1S/C25H28BrClN2O6/c1-15(2)13-35-25(33)17-7-9-18(10-8-17)28-22(30)5-4-6-24(32)34-14-23(31)29-21-12-20(27)19(26)11-16(21)3/h7-12,15H,4-6,13-14H2,1-3H3,(H,28,30)(H,29,31). The van der Waals surface area contributed by atoms with E-state index < -0.39 is 24.5 Å². The summed E-state index contributed by atoms with van der Waals surface area (Å²) in [5.74, 6) is -1.53. The van der Waals surface area contributed by atoms with Gasteiger partial charge in [-0.2, -0.15) is 0 Å². The summed E-state index contributed by atoms with van der Waals surface area (Å²) in [4.78, 5) is 48.0. The van der Waals surface area contributed by atoms with Crippen LogP contribution in [0.15, 0.2) is 40.9 Å². The van der Waals surface area contributed by atoms with Gasteiger partial charge in [-0.1, -0.05) is 25.4 Å². The predicted molar refractivity (Wildman–Crippen MR) is 138 cm³/mol. The van der Waals surface area contributed by atoms with Crippen LogP contribution in [0.5, 0.6) is 0 Å². The lowest BCUT2D eigenvalue weighted by atomic mass is 10.2. The molecule has 188 valence electrons. The van der Waals surface area contributed by atoms with Crippen LogP contribution in [-0.4, -0.2) is 37.0 Å². The largest absolute Gasteiger partial charge is 0.462 e. The van der Waals surface area contributed by atoms with E-state index in [-0.39, 0.29) is 31.1 Å². The molecule has 0 aliphatic rings. The smallest absolute Gasteiger partial charge is 0.338 e. The quantitative estimate of drug-likeness (QED) is 0.346. The van der Waals surface area contributed by atoms with Crippen LogP contribution in [0, 0.1) is 12.8 Å². The first kappa shape index (κ1) is 28.3. The fourth-order valence-electron chi connectivity index (χ4n) is 2.82. The number of esters is 2. The molecule has 0 aliphatic carbocycles. The van der Waals surface area contributed by atoms with Crippen molar-refractivity contribution in [1.82, 2.24) is 0 Å². The molecular formula is C25H28BrClN2O6. The number of benzene rings is 2. The number of carbonyl (C=O) groups is 4. The number of aryl methyl sites for hydroxylation is 1. The lowest BCUT2D eigenvalue weighted by Crippen LogP contribution is -2.21. The highest BCUT2D eigenvalue weighted by Crippen LogP contribution is 2.28. The molecule has 0 unspecified atom stereocenters. The maximum atomic E-state index is 12.1. The van der Waals surface area contributed by atoms with Crippen molar-refractivity contribution in [2.45, 2.75) is 40.0 Å². The summed E-state index contributed by atoms with van der Waals surface area (Å²) < 4.78 is 10.8. The molecule has 0 radical (unpaired) electrons. The highest BCUT2D eigenvalue weighted by Gasteiger charge is 2.12. The van der Waals surface area contributed by atoms with Crippen molar-refractivity contribution < 1.29 is 28.7 Å². The van der Waals surface area contributed by atoms with Gasteiger partial charge in [0.05, 0.1) is 17.2 Å². The number of hydrogen-bond donors (Lipinski definition) is 2. The predicted octanol–water partition coefficient (Wildman–Crippen LogP) is 5.51. The number of ether oxygens (including phenoxy) is 2. The molecule has 35 heavy (non-hydrogen) atoms. The van der Waals surface area contributed by atoms with E-state index in [1.165, 1.54) is 0 Å². The number of anilines is 2. The van der Waals surface area contributed by atoms with Crippen LogP contribution in [0.2, 0.25) is 5.02 Å². The molecule has 8 nitrogen and oxygen atoms in total. The van der Waals surface area contributed by atoms with Crippen molar-refractivity contribution in [1.29, 1.82) is 0 Å². The van der Waals surface area contributed by atoms with Crippen LogP contribution in [0.25, 0.3) is 0 Å². The molecule has 0 saturated carbocycles. The molecular weight excluding hydrogens is 540 g/mol. The number of rotatable bonds is 11. The Bertz CT molecular complexity index is 1070. The maximum absolute atomic E-state index is 12.1. The lowest BCUT2D eigenvalue weighted by molar-refractivity contribution is -0.147. The van der Waals surface area contributed by atoms with Gasteiger partial charge >= 0.3 is 11.9 Å². The van der Waals surface area contributed by atoms with Crippen LogP contribution in [0.1, 0.15) is 49.0 Å². The molecule has 0 bridgehead atoms. The van der Waals surface area contributed by atoms with Gasteiger partial charge in [0, 0.05) is 28.7 Å². The average molecular weight is 568 g/mol. The van der Waals surface area contributed by atoms with E-state index >= 15 is 0 Å². The SMILES string of the molecule is Cc1cc(Br)c(Cl)cc1NC(=O)COC(=O)CCCC(=O)Nc1ccc(C(=O)OCC(C)C)cc1. The highest BCUT2D eigenvalue weighted by molar-refractivity contribution is 9.10. The maximum Gasteiger partial charge on any atom is 0.338 e. The van der Waals surface area contributed by atoms with Crippen molar-refractivity contribution in [3.05, 3.63) is 57.0 Å². The first-order valence-corrected chi connectivity index (χ1v) is 12.2. The number of hydrogen-bond acceptors (Lipinski definition) is 6. The Kier molecular flexibility index (Phi) is 11.2. The van der Waals surface area contributed by atoms with Gasteiger partial charge in [0.15, 0.2) is 6.61 Å². The zero-order valence-corrected chi connectivity index (χ0v) is 22.1. The summed E-state index contributed by atoms with van der Waals surface area (Å²) in [6.07, 6.45) is 0.341. The molecule has 0 aromatic heterocycles. The van der Waals surface area contributed by atoms with Crippen molar-refractivity contribution in [2.75, 3.05) is 23.8 Å². The number of carbonyl (C=O) groups excluding carboxylic acids is 4. The molecule has 0 spiro atoms. The van der Waals surface area contributed by atoms with E-state index in [1.54, 1.807) is 36.4 Å². The summed E-state index contributed by atoms with van der Waals surface area (Å²) in [5.41, 5.74) is 2.25. The molecule has 0 fully saturated rings. The Morgan fingerprint density at radius 2 is 1.66 bits per heavy atom. The Morgan fingerprint density at radius 3 is 2.31 bits per heavy atom. The summed E-state index contributed by atoms with van der Waals surface area (Å²) in [6.45, 7) is 5.61. The molecule has 0 atom stereocenters. The average Bonchev–Trinajstić information content (AvgIpc) is 2.80. The van der Waals surface area contributed by atoms with Gasteiger partial charge in [-0.15, -0.1) is 0 Å². The first-order chi connectivity index (χ1) is 16.5. The van der Waals surface area contributed by atoms with E-state index in [0.717, 1.165) is 5.56 Å². The number of nitrogens with one attached hydrogen (secondary N) is 2. The molecule has 0 heterocycles. The van der Waals surface area contributed by atoms with E-state index in [0.29, 0.717) is 33.0 Å². The zero-order valence-electron chi connectivity index (χ0n) is 19.8. The molecule has 2 aromatic rings. The van der Waals surface area contributed by atoms with E-state index in [2.05, 4.69) is 26.6 Å². The fraction of sp³-hybridized carbons (Fsp3) is 0.360. The Balaban J connectivity index is 1.68. The Hall–Kier alpha value is -2.91. The molecule has 2 amide bonds. The van der Waals surface area contributed by atoms with E-state index in [9.17, 15) is 19.2 Å². The Labute approximate surface area is 217 Å². The Morgan fingerprint density at radius 1 is 0.971 bits per heavy atom. The third kappa shape index (κ3) is 10.1. The van der Waals surface area contributed by atoms with E-state index in [1.807, 2.05) is 20.8 Å². The third-order valence-corrected chi connectivity index (χ3v) is 5.84. The van der Waals surface area contributed by atoms with Crippen LogP contribution in [0.4, 0.5) is 11.4 Å². The highest BCUT2D eigenvalue weighted by atomic mass is 79.9. The molecule has 2 rings (SSSR count). The van der Waals surface area contributed by atoms with Crippen molar-refractivity contribution >= 4 is 62.7 Å². The molecule has 0 aliphatic heterocycles. The summed E-state index contributed by atoms with van der Waals surface area (Å²) >= 11 is 9.34. The minimum atomic E-state index is -0.581. The third-order valence-electron chi connectivity index (χ3n) is 4.64. The van der Waals surface area contributed by atoms with Crippen LogP contribution in [0.3, 0.4) is 0 Å². The first-order valence-electron chi connectivity index (χ1n) is 11.0. The second-order valence-electron chi connectivity index (χ2n) is 8.26. The van der Waals surface area contributed by atoms with Crippen molar-refractivity contribution in [3.8, 4) is 0 Å². The normalized spacial score (nSPS) is 10.6. The number of amides is 2. The minimum absolute atomic E-state index is 0.00945. The topological polar surface area (TPSA) is 111 Å². The second-order valence-corrected chi connectivity index (χ2v) is 9.52. The van der Waals surface area contributed by atoms with E-state index in [4.69, 9.17) is 21.1 Å². The monoisotopic (exact) mass is 566 g/mol. The molecule has 2 N–H and O–H groups in total. The van der Waals surface area contributed by atoms with Crippen LogP contribution >= 0.6 is 27.5 Å². The van der Waals surface area contributed by atoms with Crippen molar-refractivity contribution in [3.63, 3.8) is 0 Å². The van der Waals surface area contributed by atoms with Gasteiger partial charge in [-0.05, 0) is 77.2 Å². The lowest BCUT2D eigenvalue weighted by Gasteiger charge is -2.10. The molecule has 10 heteroatoms. The van der Waals surface area contributed by atoms with Gasteiger partial charge in [0.2, 0.25) is 5.91 Å². The van der Waals surface area contributed by atoms with Gasteiger partial charge < -0.3 is 20.1 Å².